The zero-order chi connectivity index (χ0) is 6.57. The Morgan fingerprint density at radius 3 is 2.38 bits per heavy atom. The van der Waals surface area contributed by atoms with Crippen molar-refractivity contribution >= 4 is 29.8 Å². The highest BCUT2D eigenvalue weighted by molar-refractivity contribution is 7.80. The second-order valence-corrected chi connectivity index (χ2v) is 2.70. The lowest BCUT2D eigenvalue weighted by molar-refractivity contribution is 0.548. The second-order valence-electron chi connectivity index (χ2n) is 1.66. The molecule has 0 N–H and O–H groups in total. The number of hydrogen-bond acceptors (Lipinski definition) is 2. The Morgan fingerprint density at radius 2 is 2.25 bits per heavy atom. The Kier molecular flexibility index (Phi) is 4.28. The van der Waals surface area contributed by atoms with Crippen molar-refractivity contribution in [2.24, 2.45) is 0 Å². The van der Waals surface area contributed by atoms with Gasteiger partial charge in [0.25, 0.3) is 0 Å². The van der Waals surface area contributed by atoms with Gasteiger partial charge < -0.3 is 4.90 Å². The van der Waals surface area contributed by atoms with Crippen molar-refractivity contribution in [1.29, 1.82) is 0 Å². The van der Waals surface area contributed by atoms with Gasteiger partial charge in [-0.05, 0) is 6.92 Å². The van der Waals surface area contributed by atoms with E-state index in [1.807, 2.05) is 18.9 Å². The minimum absolute atomic E-state index is 0.866. The lowest BCUT2D eigenvalue weighted by Gasteiger charge is -2.14. The van der Waals surface area contributed by atoms with E-state index in [1.54, 1.807) is 0 Å². The molecular weight excluding hydrogens is 138 g/mol. The molecule has 0 radical (unpaired) electrons. The fourth-order valence-electron chi connectivity index (χ4n) is 0.307. The van der Waals surface area contributed by atoms with Crippen LogP contribution >= 0.6 is 24.8 Å². The van der Waals surface area contributed by atoms with E-state index in [0.29, 0.717) is 0 Å². The van der Waals surface area contributed by atoms with Gasteiger partial charge in [-0.25, -0.2) is 0 Å². The van der Waals surface area contributed by atoms with Crippen LogP contribution in [0.25, 0.3) is 0 Å². The van der Waals surface area contributed by atoms with E-state index >= 15 is 0 Å². The molecule has 1 nitrogen and oxygen atoms in total. The van der Waals surface area contributed by atoms with Gasteiger partial charge in [0.15, 0.2) is 0 Å². The predicted octanol–water partition coefficient (Wildman–Crippen LogP) is 1.20. The molecule has 0 fully saturated rings. The zero-order valence-electron chi connectivity index (χ0n) is 5.22. The summed E-state index contributed by atoms with van der Waals surface area (Å²) in [7, 11) is 1.97. The first-order valence-corrected chi connectivity index (χ1v) is 3.55. The first kappa shape index (κ1) is 8.24. The maximum atomic E-state index is 4.88. The molecule has 0 saturated heterocycles. The number of hydrogen-bond donors (Lipinski definition) is 1. The summed E-state index contributed by atoms with van der Waals surface area (Å²) in [5.41, 5.74) is 0. The molecule has 0 amide bonds. The van der Waals surface area contributed by atoms with Crippen LogP contribution in [0.4, 0.5) is 0 Å². The van der Waals surface area contributed by atoms with Crippen LogP contribution in [0.1, 0.15) is 6.92 Å². The third kappa shape index (κ3) is 3.27. The molecule has 0 aliphatic rings. The van der Waals surface area contributed by atoms with Crippen molar-refractivity contribution in [1.82, 2.24) is 4.90 Å². The average Bonchev–Trinajstić information content (AvgIpc) is 1.67. The quantitative estimate of drug-likeness (QED) is 0.464. The van der Waals surface area contributed by atoms with Crippen LogP contribution in [-0.4, -0.2) is 29.2 Å². The molecule has 0 bridgehead atoms. The summed E-state index contributed by atoms with van der Waals surface area (Å²) in [5.74, 6) is 0.866. The highest BCUT2D eigenvalue weighted by Crippen LogP contribution is 1.86. The van der Waals surface area contributed by atoms with Gasteiger partial charge in [0.2, 0.25) is 0 Å². The van der Waals surface area contributed by atoms with Gasteiger partial charge in [-0.1, -0.05) is 12.2 Å². The monoisotopic (exact) mass is 149 g/mol. The van der Waals surface area contributed by atoms with Gasteiger partial charge in [-0.3, -0.25) is 0 Å². The van der Waals surface area contributed by atoms with Gasteiger partial charge in [-0.2, -0.15) is 12.6 Å². The molecule has 0 saturated carbocycles. The number of thiocarbonyl (C=S) groups is 1. The summed E-state index contributed by atoms with van der Waals surface area (Å²) in [6.45, 7) is 2.86. The molecule has 0 aromatic heterocycles. The maximum absolute atomic E-state index is 4.88. The Labute approximate surface area is 61.5 Å². The minimum Gasteiger partial charge on any atom is -0.369 e. The summed E-state index contributed by atoms with van der Waals surface area (Å²) in [4.78, 5) is 2.93. The third-order valence-corrected chi connectivity index (χ3v) is 1.48. The fraction of sp³-hybridized carbons (Fsp3) is 0.800. The van der Waals surface area contributed by atoms with E-state index in [4.69, 9.17) is 12.2 Å². The minimum atomic E-state index is 0.866. The van der Waals surface area contributed by atoms with E-state index in [9.17, 15) is 0 Å². The second kappa shape index (κ2) is 4.15. The predicted molar refractivity (Wildman–Crippen MR) is 44.8 cm³/mol. The van der Waals surface area contributed by atoms with Gasteiger partial charge in [-0.15, -0.1) is 0 Å². The summed E-state index contributed by atoms with van der Waals surface area (Å²) in [6.07, 6.45) is 0. The smallest absolute Gasteiger partial charge is 0.0745 e. The normalized spacial score (nSPS) is 8.88. The molecule has 0 spiro atoms. The Morgan fingerprint density at radius 1 is 1.75 bits per heavy atom. The van der Waals surface area contributed by atoms with Crippen molar-refractivity contribution in [2.75, 3.05) is 19.3 Å². The number of rotatable bonds is 2. The van der Waals surface area contributed by atoms with Crippen molar-refractivity contribution in [3.05, 3.63) is 0 Å². The van der Waals surface area contributed by atoms with Crippen molar-refractivity contribution in [2.45, 2.75) is 6.92 Å². The molecule has 3 heteroatoms. The Balaban J connectivity index is 3.32. The van der Waals surface area contributed by atoms with Crippen LogP contribution in [0.5, 0.6) is 0 Å². The largest absolute Gasteiger partial charge is 0.369 e. The molecule has 0 aromatic rings. The Hall–Kier alpha value is 0.240. The molecule has 48 valence electrons. The lowest BCUT2D eigenvalue weighted by atomic mass is 10.6. The summed E-state index contributed by atoms with van der Waals surface area (Å²) >= 11 is 8.93. The number of nitrogens with zero attached hydrogens (tertiary/aromatic N) is 1. The molecule has 0 aliphatic heterocycles. The van der Waals surface area contributed by atoms with E-state index in [1.165, 1.54) is 0 Å². The van der Waals surface area contributed by atoms with E-state index in [2.05, 4.69) is 12.6 Å². The first-order chi connectivity index (χ1) is 3.68. The molecule has 0 aliphatic carbocycles. The molecule has 0 aromatic carbocycles. The van der Waals surface area contributed by atoms with E-state index < -0.39 is 0 Å². The third-order valence-electron chi connectivity index (χ3n) is 0.973. The van der Waals surface area contributed by atoms with Crippen molar-refractivity contribution in [3.8, 4) is 0 Å². The maximum Gasteiger partial charge on any atom is 0.0745 e. The SMILES string of the molecule is CC(=S)N(C)CCS. The zero-order valence-corrected chi connectivity index (χ0v) is 6.93. The van der Waals surface area contributed by atoms with Crippen molar-refractivity contribution < 1.29 is 0 Å². The molecule has 0 unspecified atom stereocenters. The molecule has 0 rings (SSSR count). The van der Waals surface area contributed by atoms with Crippen molar-refractivity contribution in [3.63, 3.8) is 0 Å². The fourth-order valence-corrected chi connectivity index (χ4v) is 0.699. The topological polar surface area (TPSA) is 3.24 Å². The van der Waals surface area contributed by atoms with Gasteiger partial charge in [0.1, 0.15) is 0 Å². The summed E-state index contributed by atoms with van der Waals surface area (Å²) in [6, 6.07) is 0. The van der Waals surface area contributed by atoms with Crippen LogP contribution in [0.15, 0.2) is 0 Å². The van der Waals surface area contributed by atoms with Gasteiger partial charge in [0, 0.05) is 19.3 Å². The van der Waals surface area contributed by atoms with Crippen LogP contribution in [0.2, 0.25) is 0 Å². The Bertz CT molecular complexity index is 82.5. The van der Waals surface area contributed by atoms with Crippen LogP contribution in [0, 0.1) is 0 Å². The van der Waals surface area contributed by atoms with E-state index in [-0.39, 0.29) is 0 Å². The highest BCUT2D eigenvalue weighted by atomic mass is 32.1. The summed E-state index contributed by atoms with van der Waals surface area (Å²) < 4.78 is 0. The first-order valence-electron chi connectivity index (χ1n) is 2.51. The molecular formula is C5H11NS2. The average molecular weight is 149 g/mol. The van der Waals surface area contributed by atoms with Crippen LogP contribution in [-0.2, 0) is 0 Å². The van der Waals surface area contributed by atoms with E-state index in [0.717, 1.165) is 17.3 Å². The lowest BCUT2D eigenvalue weighted by Crippen LogP contribution is -2.24. The molecule has 0 heterocycles. The van der Waals surface area contributed by atoms with Crippen LogP contribution < -0.4 is 0 Å². The number of thiol groups is 1. The van der Waals surface area contributed by atoms with Gasteiger partial charge >= 0.3 is 0 Å². The standard InChI is InChI=1S/C5H11NS2/c1-5(8)6(2)3-4-7/h7H,3-4H2,1-2H3. The molecule has 8 heavy (non-hydrogen) atoms. The molecule has 0 atom stereocenters. The van der Waals surface area contributed by atoms with Gasteiger partial charge in [0.05, 0.1) is 4.99 Å². The summed E-state index contributed by atoms with van der Waals surface area (Å²) in [5, 5.41) is 0. The van der Waals surface area contributed by atoms with Crippen LogP contribution in [0.3, 0.4) is 0 Å². The highest BCUT2D eigenvalue weighted by Gasteiger charge is 1.92.